The minimum absolute atomic E-state index is 0.0490. The van der Waals surface area contributed by atoms with E-state index in [9.17, 15) is 14.4 Å². The Morgan fingerprint density at radius 2 is 1.70 bits per heavy atom. The molecule has 10 heteroatoms. The average Bonchev–Trinajstić information content (AvgIpc) is 2.63. The van der Waals surface area contributed by atoms with Gasteiger partial charge in [-0.1, -0.05) is 30.3 Å². The highest BCUT2D eigenvalue weighted by atomic mass is 32.1. The van der Waals surface area contributed by atoms with Crippen LogP contribution in [0.25, 0.3) is 0 Å². The van der Waals surface area contributed by atoms with Crippen molar-refractivity contribution in [2.75, 3.05) is 12.3 Å². The van der Waals surface area contributed by atoms with Gasteiger partial charge in [-0.05, 0) is 18.4 Å². The molecule has 0 aromatic heterocycles. The van der Waals surface area contributed by atoms with Gasteiger partial charge in [0.05, 0.1) is 5.75 Å². The van der Waals surface area contributed by atoms with Gasteiger partial charge in [0.25, 0.3) is 0 Å². The predicted octanol–water partition coefficient (Wildman–Crippen LogP) is -1.33. The number of guanidine groups is 1. The fraction of sp³-hybridized carbons (Fsp3) is 0.412. The lowest BCUT2D eigenvalue weighted by molar-refractivity contribution is -0.130. The zero-order valence-corrected chi connectivity index (χ0v) is 15.8. The lowest BCUT2D eigenvalue weighted by Crippen LogP contribution is -2.53. The molecular weight excluding hydrogens is 368 g/mol. The lowest BCUT2D eigenvalue weighted by atomic mass is 10.0. The van der Waals surface area contributed by atoms with Crippen molar-refractivity contribution in [1.29, 1.82) is 0 Å². The number of nitrogens with one attached hydrogen (secondary N) is 2. The van der Waals surface area contributed by atoms with E-state index in [1.54, 1.807) is 0 Å². The number of benzene rings is 1. The van der Waals surface area contributed by atoms with Crippen LogP contribution in [0.1, 0.15) is 18.4 Å². The standard InChI is InChI=1S/C17H26N6O3S/c18-15(25)13(9-11-5-2-1-3-6-11)23-16(26)12(22-14(24)10-27)7-4-8-21-17(19)20/h1-3,5-6,12-13,27H,4,7-10H2,(H2,18,25)(H,22,24)(H,23,26)(H4,19,20,21)/t12-,13-/m0/s1. The molecule has 0 spiro atoms. The van der Waals surface area contributed by atoms with Crippen LogP contribution in [0.2, 0.25) is 0 Å². The van der Waals surface area contributed by atoms with Crippen LogP contribution in [-0.4, -0.2) is 48.1 Å². The molecule has 1 aromatic rings. The highest BCUT2D eigenvalue weighted by Gasteiger charge is 2.25. The van der Waals surface area contributed by atoms with Gasteiger partial charge in [0, 0.05) is 13.0 Å². The van der Waals surface area contributed by atoms with E-state index in [0.29, 0.717) is 19.4 Å². The Kier molecular flexibility index (Phi) is 9.73. The molecule has 0 aliphatic rings. The van der Waals surface area contributed by atoms with Crippen molar-refractivity contribution in [2.24, 2.45) is 22.2 Å². The number of hydrogen-bond donors (Lipinski definition) is 6. The van der Waals surface area contributed by atoms with E-state index in [1.807, 2.05) is 30.3 Å². The summed E-state index contributed by atoms with van der Waals surface area (Å²) in [4.78, 5) is 39.8. The van der Waals surface area contributed by atoms with Gasteiger partial charge < -0.3 is 27.8 Å². The molecule has 0 radical (unpaired) electrons. The molecule has 1 rings (SSSR count). The van der Waals surface area contributed by atoms with Crippen molar-refractivity contribution in [3.05, 3.63) is 35.9 Å². The van der Waals surface area contributed by atoms with Crippen LogP contribution in [0.4, 0.5) is 0 Å². The van der Waals surface area contributed by atoms with Crippen molar-refractivity contribution in [3.8, 4) is 0 Å². The predicted molar refractivity (Wildman–Crippen MR) is 107 cm³/mol. The van der Waals surface area contributed by atoms with Gasteiger partial charge in [-0.2, -0.15) is 12.6 Å². The molecule has 0 saturated heterocycles. The largest absolute Gasteiger partial charge is 0.370 e. The van der Waals surface area contributed by atoms with Gasteiger partial charge in [-0.15, -0.1) is 0 Å². The van der Waals surface area contributed by atoms with E-state index in [2.05, 4.69) is 28.3 Å². The van der Waals surface area contributed by atoms with Gasteiger partial charge in [0.2, 0.25) is 17.7 Å². The SMILES string of the molecule is NC(=O)[C@H](Cc1ccccc1)NC(=O)[C@H](CCCN=C(N)N)NC(=O)CS. The smallest absolute Gasteiger partial charge is 0.243 e. The van der Waals surface area contributed by atoms with Crippen LogP contribution in [-0.2, 0) is 20.8 Å². The normalized spacial score (nSPS) is 12.5. The van der Waals surface area contributed by atoms with Crippen molar-refractivity contribution in [3.63, 3.8) is 0 Å². The zero-order chi connectivity index (χ0) is 20.2. The molecule has 9 nitrogen and oxygen atoms in total. The summed E-state index contributed by atoms with van der Waals surface area (Å²) >= 11 is 3.89. The first-order chi connectivity index (χ1) is 12.8. The molecule has 8 N–H and O–H groups in total. The maximum atomic E-state index is 12.6. The highest BCUT2D eigenvalue weighted by Crippen LogP contribution is 2.05. The van der Waals surface area contributed by atoms with Gasteiger partial charge >= 0.3 is 0 Å². The Hall–Kier alpha value is -2.75. The van der Waals surface area contributed by atoms with E-state index < -0.39 is 29.8 Å². The first-order valence-corrected chi connectivity index (χ1v) is 9.06. The Balaban J connectivity index is 2.76. The first kappa shape index (κ1) is 22.3. The minimum atomic E-state index is -0.895. The van der Waals surface area contributed by atoms with Crippen molar-refractivity contribution in [1.82, 2.24) is 10.6 Å². The highest BCUT2D eigenvalue weighted by molar-refractivity contribution is 7.81. The number of nitrogens with zero attached hydrogens (tertiary/aromatic N) is 1. The third-order valence-corrected chi connectivity index (χ3v) is 3.97. The molecule has 0 bridgehead atoms. The van der Waals surface area contributed by atoms with Crippen LogP contribution >= 0.6 is 12.6 Å². The summed E-state index contributed by atoms with van der Waals surface area (Å²) in [6, 6.07) is 7.42. The van der Waals surface area contributed by atoms with Gasteiger partial charge in [-0.3, -0.25) is 19.4 Å². The molecule has 0 saturated carbocycles. The van der Waals surface area contributed by atoms with Gasteiger partial charge in [0.1, 0.15) is 12.1 Å². The molecular formula is C17H26N6O3S. The van der Waals surface area contributed by atoms with Crippen LogP contribution < -0.4 is 27.8 Å². The second kappa shape index (κ2) is 11.8. The third-order valence-electron chi connectivity index (χ3n) is 3.68. The number of rotatable bonds is 11. The molecule has 0 fully saturated rings. The van der Waals surface area contributed by atoms with E-state index in [0.717, 1.165) is 5.56 Å². The van der Waals surface area contributed by atoms with Crippen molar-refractivity contribution >= 4 is 36.3 Å². The summed E-state index contributed by atoms with van der Waals surface area (Å²) in [6.07, 6.45) is 1.00. The summed E-state index contributed by atoms with van der Waals surface area (Å²) in [5, 5.41) is 5.18. The maximum Gasteiger partial charge on any atom is 0.243 e. The fourth-order valence-corrected chi connectivity index (χ4v) is 2.45. The number of aliphatic imine (C=N–C) groups is 1. The molecule has 27 heavy (non-hydrogen) atoms. The molecule has 3 amide bonds. The monoisotopic (exact) mass is 394 g/mol. The molecule has 0 aliphatic heterocycles. The van der Waals surface area contributed by atoms with Crippen LogP contribution in [0.5, 0.6) is 0 Å². The average molecular weight is 395 g/mol. The number of carbonyl (C=O) groups is 3. The van der Waals surface area contributed by atoms with E-state index >= 15 is 0 Å². The summed E-state index contributed by atoms with van der Waals surface area (Å²) in [5.74, 6) is -1.69. The molecule has 0 heterocycles. The number of carbonyl (C=O) groups excluding carboxylic acids is 3. The summed E-state index contributed by atoms with van der Waals surface area (Å²) < 4.78 is 0. The second-order valence-corrected chi connectivity index (χ2v) is 6.20. The van der Waals surface area contributed by atoms with Crippen LogP contribution in [0.3, 0.4) is 0 Å². The number of thiol groups is 1. The zero-order valence-electron chi connectivity index (χ0n) is 14.9. The molecule has 148 valence electrons. The number of amides is 3. The van der Waals surface area contributed by atoms with E-state index in [1.165, 1.54) is 0 Å². The Bertz CT molecular complexity index is 664. The Morgan fingerprint density at radius 1 is 1.04 bits per heavy atom. The Labute approximate surface area is 163 Å². The second-order valence-electron chi connectivity index (χ2n) is 5.88. The first-order valence-electron chi connectivity index (χ1n) is 8.42. The number of hydrogen-bond acceptors (Lipinski definition) is 5. The quantitative estimate of drug-likeness (QED) is 0.118. The van der Waals surface area contributed by atoms with Crippen LogP contribution in [0.15, 0.2) is 35.3 Å². The summed E-state index contributed by atoms with van der Waals surface area (Å²) in [6.45, 7) is 0.312. The van der Waals surface area contributed by atoms with Crippen molar-refractivity contribution in [2.45, 2.75) is 31.3 Å². The summed E-state index contributed by atoms with van der Waals surface area (Å²) in [5.41, 5.74) is 16.8. The summed E-state index contributed by atoms with van der Waals surface area (Å²) in [7, 11) is 0. The molecule has 2 atom stereocenters. The van der Waals surface area contributed by atoms with Gasteiger partial charge in [-0.25, -0.2) is 0 Å². The number of primary amides is 1. The number of nitrogens with two attached hydrogens (primary N) is 3. The lowest BCUT2D eigenvalue weighted by Gasteiger charge is -2.21. The van der Waals surface area contributed by atoms with Crippen LogP contribution in [0, 0.1) is 0 Å². The minimum Gasteiger partial charge on any atom is -0.370 e. The van der Waals surface area contributed by atoms with E-state index in [4.69, 9.17) is 17.2 Å². The fourth-order valence-electron chi connectivity index (χ4n) is 2.36. The maximum absolute atomic E-state index is 12.6. The van der Waals surface area contributed by atoms with Crippen molar-refractivity contribution < 1.29 is 14.4 Å². The molecule has 0 unspecified atom stereocenters. The molecule has 1 aromatic carbocycles. The molecule has 0 aliphatic carbocycles. The Morgan fingerprint density at radius 3 is 2.26 bits per heavy atom. The topological polar surface area (TPSA) is 166 Å². The van der Waals surface area contributed by atoms with Gasteiger partial charge in [0.15, 0.2) is 5.96 Å². The third kappa shape index (κ3) is 8.95. The van der Waals surface area contributed by atoms with E-state index in [-0.39, 0.29) is 18.1 Å².